The molecule has 0 amide bonds. The summed E-state index contributed by atoms with van der Waals surface area (Å²) in [6.07, 6.45) is 3.55. The van der Waals surface area contributed by atoms with Crippen LogP contribution in [0.3, 0.4) is 0 Å². The first-order chi connectivity index (χ1) is 6.18. The number of nitrogens with one attached hydrogen (secondary N) is 1. The van der Waals surface area contributed by atoms with Crippen LogP contribution in [0.25, 0.3) is 0 Å². The van der Waals surface area contributed by atoms with Gasteiger partial charge in [0.2, 0.25) is 0 Å². The monoisotopic (exact) mass is 189 g/mol. The molecule has 0 aromatic rings. The molecule has 0 bridgehead atoms. The van der Waals surface area contributed by atoms with Gasteiger partial charge in [0, 0.05) is 6.61 Å². The quantitative estimate of drug-likeness (QED) is 0.563. The van der Waals surface area contributed by atoms with E-state index in [0.717, 1.165) is 13.0 Å². The molecule has 13 heavy (non-hydrogen) atoms. The molecule has 3 nitrogen and oxygen atoms in total. The molecule has 0 aliphatic heterocycles. The molecule has 3 heteroatoms. The van der Waals surface area contributed by atoms with Gasteiger partial charge < -0.3 is 15.2 Å². The number of hydrogen-bond acceptors (Lipinski definition) is 3. The number of hydrogen-bond donors (Lipinski definition) is 2. The molecule has 0 radical (unpaired) electrons. The lowest BCUT2D eigenvalue weighted by atomic mass is 10.1. The molecule has 0 saturated heterocycles. The molecule has 1 atom stereocenters. The van der Waals surface area contributed by atoms with Crippen LogP contribution in [-0.4, -0.2) is 37.5 Å². The second-order valence-electron chi connectivity index (χ2n) is 3.73. The minimum Gasteiger partial charge on any atom is -0.394 e. The molecule has 80 valence electrons. The number of rotatable bonds is 8. The van der Waals surface area contributed by atoms with Gasteiger partial charge in [0.1, 0.15) is 0 Å². The van der Waals surface area contributed by atoms with Gasteiger partial charge in [0.15, 0.2) is 0 Å². The first kappa shape index (κ1) is 12.9. The van der Waals surface area contributed by atoms with Crippen molar-refractivity contribution in [3.05, 3.63) is 0 Å². The maximum Gasteiger partial charge on any atom is 0.0667 e. The number of aliphatic hydroxyl groups is 1. The van der Waals surface area contributed by atoms with Crippen molar-refractivity contribution >= 4 is 0 Å². The summed E-state index contributed by atoms with van der Waals surface area (Å²) in [6, 6.07) is 0. The fraction of sp³-hybridized carbons (Fsp3) is 1.00. The second kappa shape index (κ2) is 7.30. The Bertz CT molecular complexity index is 113. The maximum absolute atomic E-state index is 9.05. The maximum atomic E-state index is 9.05. The molecule has 0 fully saturated rings. The zero-order valence-electron chi connectivity index (χ0n) is 9.10. The molecular weight excluding hydrogens is 166 g/mol. The van der Waals surface area contributed by atoms with Gasteiger partial charge in [-0.1, -0.05) is 19.8 Å². The number of unbranched alkanes of at least 4 members (excludes halogenated alkanes) is 2. The van der Waals surface area contributed by atoms with Crippen molar-refractivity contribution in [2.75, 3.05) is 26.9 Å². The van der Waals surface area contributed by atoms with Gasteiger partial charge >= 0.3 is 0 Å². The van der Waals surface area contributed by atoms with Crippen molar-refractivity contribution in [1.82, 2.24) is 5.32 Å². The number of ether oxygens (including phenoxy) is 1. The fourth-order valence-electron chi connectivity index (χ4n) is 0.948. The topological polar surface area (TPSA) is 41.5 Å². The van der Waals surface area contributed by atoms with E-state index < -0.39 is 0 Å². The molecule has 0 heterocycles. The minimum atomic E-state index is -0.286. The third kappa shape index (κ3) is 6.02. The summed E-state index contributed by atoms with van der Waals surface area (Å²) in [5, 5.41) is 12.1. The molecule has 1 unspecified atom stereocenters. The van der Waals surface area contributed by atoms with Gasteiger partial charge in [-0.3, -0.25) is 0 Å². The van der Waals surface area contributed by atoms with E-state index in [9.17, 15) is 0 Å². The van der Waals surface area contributed by atoms with Crippen molar-refractivity contribution in [3.63, 3.8) is 0 Å². The van der Waals surface area contributed by atoms with Crippen LogP contribution in [0.2, 0.25) is 0 Å². The minimum absolute atomic E-state index is 0.108. The summed E-state index contributed by atoms with van der Waals surface area (Å²) in [6.45, 7) is 5.60. The summed E-state index contributed by atoms with van der Waals surface area (Å²) < 4.78 is 5.46. The average Bonchev–Trinajstić information content (AvgIpc) is 2.17. The van der Waals surface area contributed by atoms with Crippen molar-refractivity contribution in [2.24, 2.45) is 0 Å². The van der Waals surface area contributed by atoms with E-state index >= 15 is 0 Å². The van der Waals surface area contributed by atoms with Gasteiger partial charge in [-0.15, -0.1) is 0 Å². The Morgan fingerprint density at radius 2 is 2.08 bits per heavy atom. The number of aliphatic hydroxyl groups excluding tert-OH is 1. The van der Waals surface area contributed by atoms with E-state index in [1.54, 1.807) is 0 Å². The van der Waals surface area contributed by atoms with Gasteiger partial charge in [-0.2, -0.15) is 0 Å². The van der Waals surface area contributed by atoms with E-state index in [1.807, 2.05) is 14.0 Å². The Morgan fingerprint density at radius 3 is 2.54 bits per heavy atom. The molecule has 0 spiro atoms. The highest BCUT2D eigenvalue weighted by Crippen LogP contribution is 2.03. The standard InChI is InChI=1S/C10H23NO2/c1-4-5-6-7-13-9-10(2,8-12)11-3/h11-12H,4-9H2,1-3H3. The van der Waals surface area contributed by atoms with Crippen LogP contribution < -0.4 is 5.32 Å². The smallest absolute Gasteiger partial charge is 0.0667 e. The zero-order chi connectivity index (χ0) is 10.2. The van der Waals surface area contributed by atoms with Crippen LogP contribution in [0, 0.1) is 0 Å². The zero-order valence-corrected chi connectivity index (χ0v) is 9.10. The third-order valence-corrected chi connectivity index (χ3v) is 2.27. The summed E-state index contributed by atoms with van der Waals surface area (Å²) in [4.78, 5) is 0. The Balaban J connectivity index is 3.39. The van der Waals surface area contributed by atoms with Gasteiger partial charge in [0.25, 0.3) is 0 Å². The summed E-state index contributed by atoms with van der Waals surface area (Å²) >= 11 is 0. The van der Waals surface area contributed by atoms with Crippen LogP contribution in [-0.2, 0) is 4.74 Å². The Labute approximate surface area is 81.5 Å². The highest BCUT2D eigenvalue weighted by molar-refractivity contribution is 4.79. The predicted octanol–water partition coefficient (Wildman–Crippen LogP) is 1.16. The van der Waals surface area contributed by atoms with Crippen molar-refractivity contribution in [3.8, 4) is 0 Å². The molecule has 0 aromatic heterocycles. The van der Waals surface area contributed by atoms with Crippen LogP contribution in [0.15, 0.2) is 0 Å². The van der Waals surface area contributed by atoms with Crippen molar-refractivity contribution in [1.29, 1.82) is 0 Å². The predicted molar refractivity (Wildman–Crippen MR) is 54.9 cm³/mol. The molecule has 0 saturated carbocycles. The summed E-state index contributed by atoms with van der Waals surface area (Å²) in [5.74, 6) is 0. The molecule has 2 N–H and O–H groups in total. The van der Waals surface area contributed by atoms with Crippen LogP contribution in [0.5, 0.6) is 0 Å². The summed E-state index contributed by atoms with van der Waals surface area (Å²) in [7, 11) is 1.84. The highest BCUT2D eigenvalue weighted by Gasteiger charge is 2.20. The molecule has 0 aliphatic carbocycles. The van der Waals surface area contributed by atoms with E-state index in [1.165, 1.54) is 12.8 Å². The third-order valence-electron chi connectivity index (χ3n) is 2.27. The Morgan fingerprint density at radius 1 is 1.38 bits per heavy atom. The van der Waals surface area contributed by atoms with Gasteiger partial charge in [-0.05, 0) is 20.4 Å². The molecular formula is C10H23NO2. The number of likely N-dealkylation sites (N-methyl/N-ethyl adjacent to an activating group) is 1. The second-order valence-corrected chi connectivity index (χ2v) is 3.73. The Kier molecular flexibility index (Phi) is 7.23. The van der Waals surface area contributed by atoms with E-state index in [4.69, 9.17) is 9.84 Å². The average molecular weight is 189 g/mol. The molecule has 0 rings (SSSR count). The molecule has 0 aliphatic rings. The highest BCUT2D eigenvalue weighted by atomic mass is 16.5. The van der Waals surface area contributed by atoms with Gasteiger partial charge in [-0.25, -0.2) is 0 Å². The largest absolute Gasteiger partial charge is 0.394 e. The SMILES string of the molecule is CCCCCOCC(C)(CO)NC. The van der Waals surface area contributed by atoms with E-state index in [-0.39, 0.29) is 12.1 Å². The summed E-state index contributed by atoms with van der Waals surface area (Å²) in [5.41, 5.74) is -0.286. The lowest BCUT2D eigenvalue weighted by molar-refractivity contribution is 0.0466. The van der Waals surface area contributed by atoms with Crippen LogP contribution in [0.4, 0.5) is 0 Å². The van der Waals surface area contributed by atoms with Crippen LogP contribution >= 0.6 is 0 Å². The lowest BCUT2D eigenvalue weighted by Crippen LogP contribution is -2.47. The fourth-order valence-corrected chi connectivity index (χ4v) is 0.948. The molecule has 0 aromatic carbocycles. The van der Waals surface area contributed by atoms with Gasteiger partial charge in [0.05, 0.1) is 18.8 Å². The van der Waals surface area contributed by atoms with Crippen molar-refractivity contribution in [2.45, 2.75) is 38.6 Å². The van der Waals surface area contributed by atoms with Crippen molar-refractivity contribution < 1.29 is 9.84 Å². The van der Waals surface area contributed by atoms with E-state index in [0.29, 0.717) is 6.61 Å². The normalized spacial score (nSPS) is 15.7. The van der Waals surface area contributed by atoms with E-state index in [2.05, 4.69) is 12.2 Å². The first-order valence-electron chi connectivity index (χ1n) is 5.06. The lowest BCUT2D eigenvalue weighted by Gasteiger charge is -2.26. The Hall–Kier alpha value is -0.120. The first-order valence-corrected chi connectivity index (χ1v) is 5.06. The van der Waals surface area contributed by atoms with Crippen LogP contribution in [0.1, 0.15) is 33.1 Å².